The van der Waals surface area contributed by atoms with E-state index in [4.69, 9.17) is 0 Å². The van der Waals surface area contributed by atoms with Crippen LogP contribution in [-0.2, 0) is 18.0 Å². The molecule has 0 spiro atoms. The number of hydrogen-bond donors (Lipinski definition) is 5. The predicted molar refractivity (Wildman–Crippen MR) is 98.6 cm³/mol. The summed E-state index contributed by atoms with van der Waals surface area (Å²) in [5, 5.41) is 27.5. The summed E-state index contributed by atoms with van der Waals surface area (Å²) in [5.41, 5.74) is -1.06. The van der Waals surface area contributed by atoms with Crippen LogP contribution in [0.15, 0.2) is 46.2 Å². The molecule has 0 unspecified atom stereocenters. The summed E-state index contributed by atoms with van der Waals surface area (Å²) in [6.07, 6.45) is 3.01. The Morgan fingerprint density at radius 3 is 2.11 bits per heavy atom. The van der Waals surface area contributed by atoms with E-state index in [0.29, 0.717) is 26.2 Å². The summed E-state index contributed by atoms with van der Waals surface area (Å²) in [7, 11) is 0. The van der Waals surface area contributed by atoms with E-state index in [1.807, 2.05) is 0 Å². The van der Waals surface area contributed by atoms with Gasteiger partial charge < -0.3 is 25.4 Å². The molecular weight excluding hydrogens is 354 g/mol. The van der Waals surface area contributed by atoms with E-state index < -0.39 is 16.9 Å². The molecule has 0 saturated carbocycles. The smallest absolute Gasteiger partial charge is 0.293 e. The Labute approximate surface area is 155 Å². The monoisotopic (exact) mass is 377 g/mol. The zero-order valence-corrected chi connectivity index (χ0v) is 14.7. The fourth-order valence-corrected chi connectivity index (χ4v) is 2.30. The van der Waals surface area contributed by atoms with Gasteiger partial charge in [-0.05, 0) is 24.3 Å². The molecule has 0 aliphatic rings. The third kappa shape index (κ3) is 6.28. The van der Waals surface area contributed by atoms with Crippen molar-refractivity contribution in [3.63, 3.8) is 0 Å². The van der Waals surface area contributed by atoms with Crippen molar-refractivity contribution < 1.29 is 15.0 Å². The number of aromatic hydroxyl groups is 2. The van der Waals surface area contributed by atoms with Gasteiger partial charge >= 0.3 is 0 Å². The van der Waals surface area contributed by atoms with Gasteiger partial charge in [-0.15, -0.1) is 0 Å². The van der Waals surface area contributed by atoms with E-state index in [2.05, 4.69) is 16.0 Å². The number of amides is 1. The fourth-order valence-electron chi connectivity index (χ4n) is 2.30. The number of rotatable bonds is 10. The van der Waals surface area contributed by atoms with Gasteiger partial charge in [0.25, 0.3) is 11.1 Å². The number of hydrogen-bond acceptors (Lipinski definition) is 7. The summed E-state index contributed by atoms with van der Waals surface area (Å²) in [5.74, 6) is -1.01. The Morgan fingerprint density at radius 2 is 1.41 bits per heavy atom. The molecule has 0 radical (unpaired) electrons. The van der Waals surface area contributed by atoms with Gasteiger partial charge in [-0.25, -0.2) is 0 Å². The first-order chi connectivity index (χ1) is 13.0. The zero-order chi connectivity index (χ0) is 19.6. The molecule has 1 amide bonds. The summed E-state index contributed by atoms with van der Waals surface area (Å²) in [6.45, 7) is 2.26. The average Bonchev–Trinajstić information content (AvgIpc) is 2.64. The van der Waals surface area contributed by atoms with Crippen LogP contribution in [0.4, 0.5) is 0 Å². The minimum atomic E-state index is -0.609. The highest BCUT2D eigenvalue weighted by atomic mass is 16.3. The summed E-state index contributed by atoms with van der Waals surface area (Å²) >= 11 is 0. The van der Waals surface area contributed by atoms with Crippen molar-refractivity contribution >= 4 is 5.91 Å². The van der Waals surface area contributed by atoms with Gasteiger partial charge in [-0.2, -0.15) is 0 Å². The minimum absolute atomic E-state index is 0.159. The molecule has 10 nitrogen and oxygen atoms in total. The normalized spacial score (nSPS) is 10.7. The number of nitrogens with zero attached hydrogens (tertiary/aromatic N) is 2. The highest BCUT2D eigenvalue weighted by Gasteiger charge is 2.06. The second-order valence-corrected chi connectivity index (χ2v) is 5.75. The van der Waals surface area contributed by atoms with Crippen molar-refractivity contribution in [1.29, 1.82) is 0 Å². The van der Waals surface area contributed by atoms with Crippen molar-refractivity contribution in [3.05, 3.63) is 57.4 Å². The molecule has 5 N–H and O–H groups in total. The van der Waals surface area contributed by atoms with E-state index in [-0.39, 0.29) is 24.9 Å². The maximum atomic E-state index is 11.8. The molecule has 0 bridgehead atoms. The Bertz CT molecular complexity index is 877. The van der Waals surface area contributed by atoms with E-state index >= 15 is 0 Å². The molecule has 2 aromatic rings. The number of carbonyl (C=O) groups is 1. The van der Waals surface area contributed by atoms with Crippen LogP contribution in [-0.4, -0.2) is 51.4 Å². The van der Waals surface area contributed by atoms with Gasteiger partial charge in [-0.3, -0.25) is 24.3 Å². The third-order valence-electron chi connectivity index (χ3n) is 3.70. The Morgan fingerprint density at radius 1 is 0.852 bits per heavy atom. The van der Waals surface area contributed by atoms with Crippen LogP contribution in [0.5, 0.6) is 11.5 Å². The predicted octanol–water partition coefficient (Wildman–Crippen LogP) is -1.63. The van der Waals surface area contributed by atoms with Crippen LogP contribution in [0.3, 0.4) is 0 Å². The summed E-state index contributed by atoms with van der Waals surface area (Å²) < 4.78 is 2.49. The van der Waals surface area contributed by atoms with Gasteiger partial charge in [0.2, 0.25) is 5.91 Å². The first kappa shape index (κ1) is 20.2. The van der Waals surface area contributed by atoms with Gasteiger partial charge in [0.1, 0.15) is 6.54 Å². The molecule has 2 aromatic heterocycles. The quantitative estimate of drug-likeness (QED) is 0.314. The van der Waals surface area contributed by atoms with E-state index in [0.717, 1.165) is 4.57 Å². The van der Waals surface area contributed by atoms with Gasteiger partial charge in [-0.1, -0.05) is 0 Å². The Kier molecular flexibility index (Phi) is 7.59. The Hall–Kier alpha value is -3.11. The van der Waals surface area contributed by atoms with Crippen LogP contribution >= 0.6 is 0 Å². The summed E-state index contributed by atoms with van der Waals surface area (Å²) in [6, 6.07) is 5.69. The standard InChI is InChI=1S/C17H23N5O5/c23-13-3-1-9-21(16(13)26)11-15(25)20-8-7-18-5-6-19-12-22-10-2-4-14(24)17(22)27/h1-4,9-10,18-19,23-24H,5-8,11-12H2,(H,20,25). The molecule has 0 atom stereocenters. The topological polar surface area (TPSA) is 138 Å². The molecule has 2 heterocycles. The van der Waals surface area contributed by atoms with Gasteiger partial charge in [0.15, 0.2) is 11.5 Å². The largest absolute Gasteiger partial charge is 0.503 e. The minimum Gasteiger partial charge on any atom is -0.503 e. The maximum absolute atomic E-state index is 11.8. The maximum Gasteiger partial charge on any atom is 0.293 e. The lowest BCUT2D eigenvalue weighted by atomic mass is 10.4. The van der Waals surface area contributed by atoms with Crippen molar-refractivity contribution in [3.8, 4) is 11.5 Å². The lowest BCUT2D eigenvalue weighted by Crippen LogP contribution is -2.38. The van der Waals surface area contributed by atoms with Crippen molar-refractivity contribution in [2.24, 2.45) is 0 Å². The van der Waals surface area contributed by atoms with E-state index in [1.165, 1.54) is 29.0 Å². The zero-order valence-electron chi connectivity index (χ0n) is 14.7. The first-order valence-electron chi connectivity index (χ1n) is 8.44. The highest BCUT2D eigenvalue weighted by Crippen LogP contribution is 1.97. The molecule has 0 aromatic carbocycles. The van der Waals surface area contributed by atoms with Gasteiger partial charge in [0, 0.05) is 38.6 Å². The number of pyridine rings is 2. The molecule has 10 heteroatoms. The molecule has 0 saturated heterocycles. The summed E-state index contributed by atoms with van der Waals surface area (Å²) in [4.78, 5) is 35.0. The molecule has 146 valence electrons. The molecular formula is C17H23N5O5. The van der Waals surface area contributed by atoms with Crippen LogP contribution in [0, 0.1) is 0 Å². The van der Waals surface area contributed by atoms with Crippen molar-refractivity contribution in [2.75, 3.05) is 26.2 Å². The SMILES string of the molecule is O=C(Cn1cccc(O)c1=O)NCCNCCNCn1cccc(O)c1=O. The highest BCUT2D eigenvalue weighted by molar-refractivity contribution is 5.75. The van der Waals surface area contributed by atoms with E-state index in [9.17, 15) is 24.6 Å². The lowest BCUT2D eigenvalue weighted by molar-refractivity contribution is -0.121. The van der Waals surface area contributed by atoms with Crippen LogP contribution in [0.2, 0.25) is 0 Å². The van der Waals surface area contributed by atoms with Crippen LogP contribution in [0.25, 0.3) is 0 Å². The number of nitrogens with one attached hydrogen (secondary N) is 3. The average molecular weight is 377 g/mol. The van der Waals surface area contributed by atoms with Crippen molar-refractivity contribution in [1.82, 2.24) is 25.1 Å². The Balaban J connectivity index is 1.56. The fraction of sp³-hybridized carbons (Fsp3) is 0.353. The van der Waals surface area contributed by atoms with E-state index in [1.54, 1.807) is 12.3 Å². The lowest BCUT2D eigenvalue weighted by Gasteiger charge is -2.10. The molecule has 0 fully saturated rings. The molecule has 2 rings (SSSR count). The number of carbonyl (C=O) groups excluding carboxylic acids is 1. The molecule has 27 heavy (non-hydrogen) atoms. The second kappa shape index (κ2) is 10.1. The molecule has 0 aliphatic heterocycles. The van der Waals surface area contributed by atoms with Crippen molar-refractivity contribution in [2.45, 2.75) is 13.2 Å². The third-order valence-corrected chi connectivity index (χ3v) is 3.70. The number of aromatic nitrogens is 2. The van der Waals surface area contributed by atoms with Crippen LogP contribution < -0.4 is 27.1 Å². The molecule has 0 aliphatic carbocycles. The second-order valence-electron chi connectivity index (χ2n) is 5.75. The van der Waals surface area contributed by atoms with Crippen LogP contribution in [0.1, 0.15) is 0 Å². The first-order valence-corrected chi connectivity index (χ1v) is 8.44. The van der Waals surface area contributed by atoms with Gasteiger partial charge in [0.05, 0.1) is 6.67 Å².